The Hall–Kier alpha value is -5.15. The molecular formula is C36H32N2O6S. The van der Waals surface area contributed by atoms with Gasteiger partial charge in [-0.2, -0.15) is 0 Å². The molecule has 0 aliphatic carbocycles. The number of rotatable bonds is 9. The maximum absolute atomic E-state index is 14.1. The second-order valence-corrected chi connectivity index (χ2v) is 11.4. The van der Waals surface area contributed by atoms with Crippen LogP contribution in [-0.4, -0.2) is 31.4 Å². The summed E-state index contributed by atoms with van der Waals surface area (Å²) in [4.78, 5) is 32.5. The van der Waals surface area contributed by atoms with Gasteiger partial charge in [-0.3, -0.25) is 9.36 Å². The van der Waals surface area contributed by atoms with Crippen molar-refractivity contribution in [3.63, 3.8) is 0 Å². The number of thiazole rings is 1. The fourth-order valence-electron chi connectivity index (χ4n) is 5.56. The second kappa shape index (κ2) is 12.8. The molecule has 228 valence electrons. The van der Waals surface area contributed by atoms with E-state index in [0.29, 0.717) is 44.4 Å². The van der Waals surface area contributed by atoms with E-state index < -0.39 is 12.0 Å². The molecule has 0 radical (unpaired) electrons. The normalized spacial score (nSPS) is 14.6. The Morgan fingerprint density at radius 1 is 0.956 bits per heavy atom. The zero-order chi connectivity index (χ0) is 31.5. The van der Waals surface area contributed by atoms with Crippen molar-refractivity contribution < 1.29 is 23.7 Å². The lowest BCUT2D eigenvalue weighted by molar-refractivity contribution is -0.139. The van der Waals surface area contributed by atoms with E-state index in [4.69, 9.17) is 18.9 Å². The predicted molar refractivity (Wildman–Crippen MR) is 175 cm³/mol. The maximum atomic E-state index is 14.1. The van der Waals surface area contributed by atoms with Gasteiger partial charge in [0.25, 0.3) is 5.56 Å². The van der Waals surface area contributed by atoms with Crippen LogP contribution < -0.4 is 29.1 Å². The smallest absolute Gasteiger partial charge is 0.338 e. The average molecular weight is 621 g/mol. The van der Waals surface area contributed by atoms with Gasteiger partial charge in [0.2, 0.25) is 0 Å². The van der Waals surface area contributed by atoms with Crippen molar-refractivity contribution in [3.05, 3.63) is 133 Å². The zero-order valence-electron chi connectivity index (χ0n) is 25.4. The van der Waals surface area contributed by atoms with Crippen LogP contribution in [0.4, 0.5) is 0 Å². The Balaban J connectivity index is 1.39. The minimum absolute atomic E-state index is 0.186. The first kappa shape index (κ1) is 29.9. The van der Waals surface area contributed by atoms with E-state index in [0.717, 1.165) is 21.9 Å². The Kier molecular flexibility index (Phi) is 8.53. The zero-order valence-corrected chi connectivity index (χ0v) is 26.2. The predicted octanol–water partition coefficient (Wildman–Crippen LogP) is 5.55. The molecule has 1 aliphatic heterocycles. The number of esters is 1. The minimum Gasteiger partial charge on any atom is -0.497 e. The summed E-state index contributed by atoms with van der Waals surface area (Å²) in [7, 11) is 3.10. The van der Waals surface area contributed by atoms with E-state index in [1.165, 1.54) is 18.4 Å². The van der Waals surface area contributed by atoms with Crippen molar-refractivity contribution in [3.8, 4) is 17.2 Å². The average Bonchev–Trinajstić information content (AvgIpc) is 3.36. The van der Waals surface area contributed by atoms with Crippen LogP contribution >= 0.6 is 11.3 Å². The van der Waals surface area contributed by atoms with E-state index in [1.54, 1.807) is 43.7 Å². The highest BCUT2D eigenvalue weighted by Crippen LogP contribution is 2.37. The lowest BCUT2D eigenvalue weighted by atomic mass is 9.95. The van der Waals surface area contributed by atoms with E-state index in [1.807, 2.05) is 48.5 Å². The molecule has 0 N–H and O–H groups in total. The monoisotopic (exact) mass is 620 g/mol. The van der Waals surface area contributed by atoms with Crippen LogP contribution in [0.5, 0.6) is 17.2 Å². The molecule has 0 spiro atoms. The van der Waals surface area contributed by atoms with Gasteiger partial charge in [0.1, 0.15) is 29.9 Å². The molecule has 4 aromatic carbocycles. The number of ether oxygens (including phenoxy) is 4. The van der Waals surface area contributed by atoms with Gasteiger partial charge in [0, 0.05) is 11.6 Å². The molecular weight excluding hydrogens is 588 g/mol. The van der Waals surface area contributed by atoms with Crippen molar-refractivity contribution in [2.24, 2.45) is 4.99 Å². The first-order valence-corrected chi connectivity index (χ1v) is 15.3. The molecule has 6 rings (SSSR count). The molecule has 2 heterocycles. The molecule has 1 atom stereocenters. The fraction of sp³-hybridized carbons (Fsp3) is 0.194. The number of hydrogen-bond donors (Lipinski definition) is 0. The molecule has 45 heavy (non-hydrogen) atoms. The number of methoxy groups -OCH3 is 2. The van der Waals surface area contributed by atoms with E-state index in [2.05, 4.69) is 29.3 Å². The number of benzene rings is 4. The maximum Gasteiger partial charge on any atom is 0.338 e. The number of nitrogens with zero attached hydrogens (tertiary/aromatic N) is 2. The molecule has 1 aromatic heterocycles. The Labute approximate surface area is 264 Å². The summed E-state index contributed by atoms with van der Waals surface area (Å²) < 4.78 is 24.7. The SMILES string of the molecule is CCOC(=O)C1=C(C)N=c2s/c(=C/c3cccc(OCc4cccc5ccccc45)c3)c(=O)n2[C@H]1c1ccc(OC)cc1OC. The van der Waals surface area contributed by atoms with Crippen molar-refractivity contribution in [1.82, 2.24) is 4.57 Å². The van der Waals surface area contributed by atoms with Crippen molar-refractivity contribution in [2.75, 3.05) is 20.8 Å². The van der Waals surface area contributed by atoms with Gasteiger partial charge in [0.05, 0.1) is 36.6 Å². The topological polar surface area (TPSA) is 88.4 Å². The van der Waals surface area contributed by atoms with Gasteiger partial charge in [0.15, 0.2) is 4.80 Å². The van der Waals surface area contributed by atoms with Crippen LogP contribution in [0, 0.1) is 0 Å². The third-order valence-electron chi connectivity index (χ3n) is 7.68. The molecule has 0 unspecified atom stereocenters. The van der Waals surface area contributed by atoms with Gasteiger partial charge in [-0.1, -0.05) is 65.9 Å². The first-order valence-electron chi connectivity index (χ1n) is 14.5. The van der Waals surface area contributed by atoms with Crippen LogP contribution in [0.25, 0.3) is 16.8 Å². The molecule has 8 nitrogen and oxygen atoms in total. The van der Waals surface area contributed by atoms with Gasteiger partial charge in [-0.05, 0) is 66.1 Å². The lowest BCUT2D eigenvalue weighted by Gasteiger charge is -2.26. The first-order chi connectivity index (χ1) is 21.9. The Morgan fingerprint density at radius 2 is 1.76 bits per heavy atom. The summed E-state index contributed by atoms with van der Waals surface area (Å²) in [6.07, 6.45) is 1.82. The van der Waals surface area contributed by atoms with Crippen LogP contribution in [0.3, 0.4) is 0 Å². The summed E-state index contributed by atoms with van der Waals surface area (Å²) in [6, 6.07) is 26.5. The molecule has 0 saturated carbocycles. The van der Waals surface area contributed by atoms with E-state index >= 15 is 0 Å². The number of hydrogen-bond acceptors (Lipinski definition) is 8. The standard InChI is InChI=1S/C36H32N2O6S/c1-5-43-35(40)32-22(2)37-36-38(33(32)29-17-16-26(41-3)20-30(29)42-4)34(39)31(45-36)19-23-10-8-14-27(18-23)44-21-25-13-9-12-24-11-6-7-15-28(24)25/h6-20,33H,5,21H2,1-4H3/b31-19+/t33-/m0/s1. The summed E-state index contributed by atoms with van der Waals surface area (Å²) in [5.41, 5.74) is 2.99. The second-order valence-electron chi connectivity index (χ2n) is 10.4. The lowest BCUT2D eigenvalue weighted by Crippen LogP contribution is -2.40. The highest BCUT2D eigenvalue weighted by atomic mass is 32.1. The number of carbonyl (C=O) groups excluding carboxylic acids is 1. The fourth-order valence-corrected chi connectivity index (χ4v) is 6.60. The number of fused-ring (bicyclic) bond motifs is 2. The van der Waals surface area contributed by atoms with E-state index in [9.17, 15) is 9.59 Å². The van der Waals surface area contributed by atoms with Crippen LogP contribution in [0.15, 0.2) is 106 Å². The molecule has 1 aliphatic rings. The Morgan fingerprint density at radius 3 is 2.56 bits per heavy atom. The molecule has 0 bridgehead atoms. The molecule has 5 aromatic rings. The number of allylic oxidation sites excluding steroid dienone is 1. The largest absolute Gasteiger partial charge is 0.497 e. The van der Waals surface area contributed by atoms with Gasteiger partial charge >= 0.3 is 5.97 Å². The third-order valence-corrected chi connectivity index (χ3v) is 8.67. The summed E-state index contributed by atoms with van der Waals surface area (Å²) >= 11 is 1.26. The third kappa shape index (κ3) is 5.86. The molecule has 0 fully saturated rings. The van der Waals surface area contributed by atoms with Crippen LogP contribution in [-0.2, 0) is 16.1 Å². The van der Waals surface area contributed by atoms with E-state index in [-0.39, 0.29) is 17.7 Å². The Bertz CT molecular complexity index is 2120. The van der Waals surface area contributed by atoms with Gasteiger partial charge < -0.3 is 18.9 Å². The van der Waals surface area contributed by atoms with Crippen LogP contribution in [0.2, 0.25) is 0 Å². The number of carbonyl (C=O) groups is 1. The number of aromatic nitrogens is 1. The highest BCUT2D eigenvalue weighted by molar-refractivity contribution is 7.07. The highest BCUT2D eigenvalue weighted by Gasteiger charge is 2.35. The van der Waals surface area contributed by atoms with Gasteiger partial charge in [-0.25, -0.2) is 9.79 Å². The summed E-state index contributed by atoms with van der Waals surface area (Å²) in [6.45, 7) is 4.09. The molecule has 0 amide bonds. The minimum atomic E-state index is -0.807. The van der Waals surface area contributed by atoms with Crippen molar-refractivity contribution >= 4 is 34.2 Å². The quantitative estimate of drug-likeness (QED) is 0.201. The van der Waals surface area contributed by atoms with Crippen LogP contribution in [0.1, 0.15) is 36.6 Å². The van der Waals surface area contributed by atoms with Gasteiger partial charge in [-0.15, -0.1) is 0 Å². The molecule has 9 heteroatoms. The summed E-state index contributed by atoms with van der Waals surface area (Å²) in [5.74, 6) is 1.21. The van der Waals surface area contributed by atoms with Crippen molar-refractivity contribution in [2.45, 2.75) is 26.5 Å². The van der Waals surface area contributed by atoms with Crippen molar-refractivity contribution in [1.29, 1.82) is 0 Å². The summed E-state index contributed by atoms with van der Waals surface area (Å²) in [5, 5.41) is 2.31. The molecule has 0 saturated heterocycles.